The number of hydrogen-bond donors (Lipinski definition) is 3. The highest BCUT2D eigenvalue weighted by atomic mass is 31.2. The molecule has 5 heteroatoms. The van der Waals surface area contributed by atoms with Crippen LogP contribution in [0, 0.1) is 0 Å². The predicted molar refractivity (Wildman–Crippen MR) is 16.6 cm³/mol. The lowest BCUT2D eigenvalue weighted by atomic mass is 13.6. The van der Waals surface area contributed by atoms with Crippen LogP contribution >= 0.6 is 8.60 Å². The summed E-state index contributed by atoms with van der Waals surface area (Å²) in [5, 5.41) is 0. The zero-order valence-corrected chi connectivity index (χ0v) is 3.22. The van der Waals surface area contributed by atoms with E-state index >= 15 is 0 Å². The van der Waals surface area contributed by atoms with E-state index in [1.165, 1.54) is 0 Å². The van der Waals surface area contributed by atoms with Crippen molar-refractivity contribution in [2.75, 3.05) is 0 Å². The van der Waals surface area contributed by atoms with E-state index in [0.29, 0.717) is 0 Å². The topological polar surface area (TPSA) is 75.7 Å². The Balaban J connectivity index is 2.54. The van der Waals surface area contributed by atoms with Crippen LogP contribution < -0.4 is 5.90 Å². The van der Waals surface area contributed by atoms with Crippen LogP contribution in [0.25, 0.3) is 0 Å². The second kappa shape index (κ2) is 2.50. The number of hydrogen-bond acceptors (Lipinski definition) is 4. The maximum atomic E-state index is 7.63. The maximum Gasteiger partial charge on any atom is 0.344 e. The molecule has 0 heterocycles. The van der Waals surface area contributed by atoms with Crippen LogP contribution in [-0.4, -0.2) is 9.79 Å². The van der Waals surface area contributed by atoms with Crippen LogP contribution in [0.5, 0.6) is 0 Å². The molecule has 0 aliphatic carbocycles. The molecule has 4 nitrogen and oxygen atoms in total. The number of nitrogens with two attached hydrogens (primary N) is 1. The van der Waals surface area contributed by atoms with Crippen molar-refractivity contribution < 1.29 is 14.4 Å². The molecular formula is H4NO3P. The summed E-state index contributed by atoms with van der Waals surface area (Å²) in [6.07, 6.45) is 0. The first kappa shape index (κ1) is 5.27. The number of rotatable bonds is 1. The third kappa shape index (κ3) is 4.27. The van der Waals surface area contributed by atoms with Crippen molar-refractivity contribution in [1.29, 1.82) is 0 Å². The van der Waals surface area contributed by atoms with Gasteiger partial charge in [0.05, 0.1) is 0 Å². The van der Waals surface area contributed by atoms with Gasteiger partial charge < -0.3 is 9.79 Å². The van der Waals surface area contributed by atoms with Crippen LogP contribution in [0.4, 0.5) is 0 Å². The van der Waals surface area contributed by atoms with Gasteiger partial charge in [-0.1, -0.05) is 0 Å². The van der Waals surface area contributed by atoms with E-state index in [4.69, 9.17) is 9.79 Å². The highest BCUT2D eigenvalue weighted by Gasteiger charge is 1.87. The molecule has 0 spiro atoms. The average molecular weight is 97.0 g/mol. The minimum Gasteiger partial charge on any atom is -0.327 e. The highest BCUT2D eigenvalue weighted by molar-refractivity contribution is 7.39. The third-order valence-electron chi connectivity index (χ3n) is 0.0943. The molecule has 0 saturated carbocycles. The Labute approximate surface area is 30.1 Å². The van der Waals surface area contributed by atoms with E-state index in [1.54, 1.807) is 0 Å². The molecule has 0 aliphatic heterocycles. The first-order valence-electron chi connectivity index (χ1n) is 0.818. The van der Waals surface area contributed by atoms with Gasteiger partial charge >= 0.3 is 8.60 Å². The Hall–Kier alpha value is 0.270. The zero-order valence-electron chi connectivity index (χ0n) is 2.33. The molecule has 4 N–H and O–H groups in total. The van der Waals surface area contributed by atoms with Crippen molar-refractivity contribution in [3.05, 3.63) is 0 Å². The minimum atomic E-state index is -2.32. The van der Waals surface area contributed by atoms with E-state index in [0.717, 1.165) is 0 Å². The fraction of sp³-hybridized carbons (Fsp3) is 0. The van der Waals surface area contributed by atoms with E-state index < -0.39 is 8.60 Å². The van der Waals surface area contributed by atoms with Crippen LogP contribution in [0.1, 0.15) is 0 Å². The summed E-state index contributed by atoms with van der Waals surface area (Å²) >= 11 is 0. The van der Waals surface area contributed by atoms with Crippen molar-refractivity contribution >= 4 is 8.60 Å². The SMILES string of the molecule is NOP(O)O. The van der Waals surface area contributed by atoms with E-state index in [-0.39, 0.29) is 0 Å². The molecular weight excluding hydrogens is 93.0 g/mol. The molecule has 0 aliphatic rings. The fourth-order valence-electron chi connectivity index (χ4n) is 0. The molecule has 32 valence electrons. The highest BCUT2D eigenvalue weighted by Crippen LogP contribution is 2.19. The standard InChI is InChI=1S/H4NO3P/c1-4-5(2)3/h2-3H,1H2. The van der Waals surface area contributed by atoms with Crippen molar-refractivity contribution in [2.24, 2.45) is 5.90 Å². The van der Waals surface area contributed by atoms with E-state index in [9.17, 15) is 0 Å². The molecule has 0 bridgehead atoms. The zero-order chi connectivity index (χ0) is 4.28. The first-order chi connectivity index (χ1) is 2.27. The largest absolute Gasteiger partial charge is 0.344 e. The summed E-state index contributed by atoms with van der Waals surface area (Å²) in [5.74, 6) is 4.20. The normalized spacial score (nSPS) is 9.60. The van der Waals surface area contributed by atoms with Gasteiger partial charge in [-0.15, -0.1) is 0 Å². The van der Waals surface area contributed by atoms with Gasteiger partial charge in [0, 0.05) is 0 Å². The predicted octanol–water partition coefficient (Wildman–Crippen LogP) is -0.912. The molecule has 0 aromatic rings. The van der Waals surface area contributed by atoms with Gasteiger partial charge in [-0.25, -0.2) is 10.5 Å². The first-order valence-corrected chi connectivity index (χ1v) is 1.98. The molecule has 0 rings (SSSR count). The molecule has 5 heavy (non-hydrogen) atoms. The molecule has 0 saturated heterocycles. The van der Waals surface area contributed by atoms with Crippen LogP contribution in [-0.2, 0) is 4.62 Å². The van der Waals surface area contributed by atoms with Crippen molar-refractivity contribution in [2.45, 2.75) is 0 Å². The lowest BCUT2D eigenvalue weighted by Crippen LogP contribution is -1.89. The molecule has 0 fully saturated rings. The fourth-order valence-corrected chi connectivity index (χ4v) is 0. The summed E-state index contributed by atoms with van der Waals surface area (Å²) in [7, 11) is -2.32. The Kier molecular flexibility index (Phi) is 2.64. The van der Waals surface area contributed by atoms with Gasteiger partial charge in [0.15, 0.2) is 0 Å². The quantitative estimate of drug-likeness (QED) is 0.292. The van der Waals surface area contributed by atoms with Crippen molar-refractivity contribution in [3.63, 3.8) is 0 Å². The second-order valence-electron chi connectivity index (χ2n) is 0.358. The van der Waals surface area contributed by atoms with Gasteiger partial charge in [0.25, 0.3) is 0 Å². The Morgan fingerprint density at radius 1 is 1.60 bits per heavy atom. The molecule has 0 radical (unpaired) electrons. The minimum absolute atomic E-state index is 2.32. The van der Waals surface area contributed by atoms with Crippen LogP contribution in [0.15, 0.2) is 0 Å². The Morgan fingerprint density at radius 3 is 1.80 bits per heavy atom. The third-order valence-corrected chi connectivity index (χ3v) is 0.283. The van der Waals surface area contributed by atoms with Gasteiger partial charge in [0.2, 0.25) is 0 Å². The summed E-state index contributed by atoms with van der Waals surface area (Å²) in [6, 6.07) is 0. The average Bonchev–Trinajstić information content (AvgIpc) is 1.38. The van der Waals surface area contributed by atoms with Crippen molar-refractivity contribution in [1.82, 2.24) is 0 Å². The second-order valence-corrected chi connectivity index (χ2v) is 1.07. The monoisotopic (exact) mass is 97.0 g/mol. The molecule has 0 aromatic heterocycles. The Morgan fingerprint density at radius 2 is 1.80 bits per heavy atom. The summed E-state index contributed by atoms with van der Waals surface area (Å²) in [4.78, 5) is 15.3. The summed E-state index contributed by atoms with van der Waals surface area (Å²) < 4.78 is 3.43. The lowest BCUT2D eigenvalue weighted by Gasteiger charge is -1.88. The molecule has 0 atom stereocenters. The van der Waals surface area contributed by atoms with Gasteiger partial charge in [0.1, 0.15) is 0 Å². The van der Waals surface area contributed by atoms with Crippen LogP contribution in [0.2, 0.25) is 0 Å². The van der Waals surface area contributed by atoms with Gasteiger partial charge in [-0.2, -0.15) is 0 Å². The van der Waals surface area contributed by atoms with E-state index in [1.807, 2.05) is 0 Å². The lowest BCUT2D eigenvalue weighted by molar-refractivity contribution is 0.263. The summed E-state index contributed by atoms with van der Waals surface area (Å²) in [6.45, 7) is 0. The molecule has 0 aromatic carbocycles. The molecule has 0 unspecified atom stereocenters. The molecule has 0 amide bonds. The van der Waals surface area contributed by atoms with Crippen molar-refractivity contribution in [3.8, 4) is 0 Å². The smallest absolute Gasteiger partial charge is 0.327 e. The van der Waals surface area contributed by atoms with Crippen LogP contribution in [0.3, 0.4) is 0 Å². The summed E-state index contributed by atoms with van der Waals surface area (Å²) in [5.41, 5.74) is 0. The van der Waals surface area contributed by atoms with Gasteiger partial charge in [-0.05, 0) is 0 Å². The maximum absolute atomic E-state index is 7.63. The van der Waals surface area contributed by atoms with Gasteiger partial charge in [-0.3, -0.25) is 0 Å². The Bertz CT molecular complexity index is 20.9. The van der Waals surface area contributed by atoms with E-state index in [2.05, 4.69) is 10.5 Å².